The summed E-state index contributed by atoms with van der Waals surface area (Å²) >= 11 is 5.72. The van der Waals surface area contributed by atoms with E-state index in [1.54, 1.807) is 12.4 Å². The third-order valence-electron chi connectivity index (χ3n) is 2.82. The molecule has 5 N–H and O–H groups in total. The number of hydrogen-bond donors (Lipinski definition) is 4. The average Bonchev–Trinajstić information content (AvgIpc) is 2.39. The van der Waals surface area contributed by atoms with E-state index in [9.17, 15) is 22.8 Å². The lowest BCUT2D eigenvalue weighted by molar-refractivity contribution is -0.629. The number of rotatable bonds is 6. The molecule has 1 aromatic carbocycles. The third-order valence-corrected chi connectivity index (χ3v) is 3.13. The minimum absolute atomic E-state index is 0.00767. The molecule has 0 unspecified atom stereocenters. The summed E-state index contributed by atoms with van der Waals surface area (Å²) < 4.78 is 37.6. The number of hydrogen-bond acceptors (Lipinski definition) is 2. The quantitative estimate of drug-likeness (QED) is 0.623. The van der Waals surface area contributed by atoms with E-state index in [2.05, 4.69) is 10.6 Å². The highest BCUT2D eigenvalue weighted by Crippen LogP contribution is 2.33. The second kappa shape index (κ2) is 8.02. The van der Waals surface area contributed by atoms with Crippen molar-refractivity contribution in [2.45, 2.75) is 18.6 Å². The monoisotopic (exact) mass is 354 g/mol. The van der Waals surface area contributed by atoms with Gasteiger partial charge in [0.2, 0.25) is 0 Å². The summed E-state index contributed by atoms with van der Waals surface area (Å²) in [5.74, 6) is -1.08. The van der Waals surface area contributed by atoms with Crippen LogP contribution in [-0.2, 0) is 11.0 Å². The molecule has 0 aliphatic carbocycles. The van der Waals surface area contributed by atoms with Crippen molar-refractivity contribution in [3.8, 4) is 0 Å². The summed E-state index contributed by atoms with van der Waals surface area (Å²) in [4.78, 5) is 22.5. The minimum atomic E-state index is -4.53. The van der Waals surface area contributed by atoms with Gasteiger partial charge in [0.25, 0.3) is 0 Å². The Morgan fingerprint density at radius 1 is 1.39 bits per heavy atom. The number of carboxylic acid groups (broad SMARTS) is 1. The van der Waals surface area contributed by atoms with E-state index in [1.807, 2.05) is 0 Å². The Morgan fingerprint density at radius 3 is 2.52 bits per heavy atom. The van der Waals surface area contributed by atoms with Gasteiger partial charge in [-0.1, -0.05) is 11.6 Å². The molecule has 0 aliphatic rings. The first-order chi connectivity index (χ1) is 10.6. The van der Waals surface area contributed by atoms with Crippen LogP contribution in [0.25, 0.3) is 0 Å². The van der Waals surface area contributed by atoms with Crippen molar-refractivity contribution in [2.75, 3.05) is 18.9 Å². The average molecular weight is 355 g/mol. The van der Waals surface area contributed by atoms with Crippen molar-refractivity contribution in [3.63, 3.8) is 0 Å². The normalized spacial score (nSPS) is 12.6. The number of anilines is 1. The molecule has 0 saturated carbocycles. The number of urea groups is 1. The van der Waals surface area contributed by atoms with Crippen molar-refractivity contribution in [2.24, 2.45) is 0 Å². The maximum absolute atomic E-state index is 12.5. The maximum atomic E-state index is 12.5. The second-order valence-electron chi connectivity index (χ2n) is 4.73. The number of nitrogens with two attached hydrogens (primary N) is 1. The minimum Gasteiger partial charge on any atom is -0.481 e. The van der Waals surface area contributed by atoms with Crippen LogP contribution in [0.3, 0.4) is 0 Å². The van der Waals surface area contributed by atoms with Crippen LogP contribution in [0.2, 0.25) is 5.02 Å². The lowest BCUT2D eigenvalue weighted by Gasteiger charge is -2.16. The van der Waals surface area contributed by atoms with Gasteiger partial charge in [-0.15, -0.1) is 0 Å². The Hall–Kier alpha value is -2.00. The van der Waals surface area contributed by atoms with Gasteiger partial charge in [-0.2, -0.15) is 13.2 Å². The smallest absolute Gasteiger partial charge is 0.416 e. The van der Waals surface area contributed by atoms with E-state index < -0.39 is 29.8 Å². The number of quaternary nitrogens is 1. The highest BCUT2D eigenvalue weighted by atomic mass is 35.5. The van der Waals surface area contributed by atoms with Crippen LogP contribution in [0, 0.1) is 0 Å². The molecule has 10 heteroatoms. The highest BCUT2D eigenvalue weighted by molar-refractivity contribution is 6.33. The molecule has 1 atom stereocenters. The predicted molar refractivity (Wildman–Crippen MR) is 77.4 cm³/mol. The van der Waals surface area contributed by atoms with Crippen molar-refractivity contribution < 1.29 is 33.2 Å². The molecular formula is C13H16ClF3N3O3+. The van der Waals surface area contributed by atoms with Gasteiger partial charge in [0.15, 0.2) is 0 Å². The fourth-order valence-electron chi connectivity index (χ4n) is 1.83. The number of alkyl halides is 3. The van der Waals surface area contributed by atoms with Crippen molar-refractivity contribution in [1.82, 2.24) is 5.32 Å². The number of benzene rings is 1. The lowest BCUT2D eigenvalue weighted by Crippen LogP contribution is -2.83. The van der Waals surface area contributed by atoms with Gasteiger partial charge in [0, 0.05) is 0 Å². The van der Waals surface area contributed by atoms with E-state index in [4.69, 9.17) is 16.7 Å². The summed E-state index contributed by atoms with van der Waals surface area (Å²) in [5.41, 5.74) is -0.940. The van der Waals surface area contributed by atoms with E-state index in [0.717, 1.165) is 12.1 Å². The zero-order valence-electron chi connectivity index (χ0n) is 12.1. The van der Waals surface area contributed by atoms with Crippen molar-refractivity contribution in [3.05, 3.63) is 28.8 Å². The first-order valence-corrected chi connectivity index (χ1v) is 6.95. The number of amides is 2. The summed E-state index contributed by atoms with van der Waals surface area (Å²) in [6, 6.07) is 1.13. The van der Waals surface area contributed by atoms with Crippen LogP contribution < -0.4 is 16.0 Å². The fourth-order valence-corrected chi connectivity index (χ4v) is 2.05. The zero-order valence-corrected chi connectivity index (χ0v) is 12.8. The van der Waals surface area contributed by atoms with Gasteiger partial charge in [-0.3, -0.25) is 4.79 Å². The maximum Gasteiger partial charge on any atom is 0.416 e. The van der Waals surface area contributed by atoms with Gasteiger partial charge in [-0.05, 0) is 18.2 Å². The summed E-state index contributed by atoms with van der Waals surface area (Å²) in [5, 5.41) is 14.9. The first-order valence-electron chi connectivity index (χ1n) is 6.57. The molecule has 0 radical (unpaired) electrons. The summed E-state index contributed by atoms with van der Waals surface area (Å²) in [6.45, 7) is 0.334. The van der Waals surface area contributed by atoms with Gasteiger partial charge >= 0.3 is 18.2 Å². The molecule has 0 spiro atoms. The number of carboxylic acids is 1. The Balaban J connectivity index is 2.75. The Bertz CT molecular complexity index is 581. The lowest BCUT2D eigenvalue weighted by atomic mass is 10.2. The van der Waals surface area contributed by atoms with Crippen LogP contribution in [0.5, 0.6) is 0 Å². The van der Waals surface area contributed by atoms with Gasteiger partial charge < -0.3 is 21.1 Å². The molecule has 23 heavy (non-hydrogen) atoms. The van der Waals surface area contributed by atoms with Crippen LogP contribution in [0.1, 0.15) is 12.0 Å². The Kier molecular flexibility index (Phi) is 6.64. The number of likely N-dealkylation sites (N-methyl/N-ethyl adjacent to an activating group) is 1. The second-order valence-corrected chi connectivity index (χ2v) is 5.14. The van der Waals surface area contributed by atoms with E-state index in [0.29, 0.717) is 12.6 Å². The molecule has 1 rings (SSSR count). The third kappa shape index (κ3) is 6.33. The van der Waals surface area contributed by atoms with Crippen molar-refractivity contribution in [1.29, 1.82) is 0 Å². The van der Waals surface area contributed by atoms with Crippen LogP contribution in [0.15, 0.2) is 18.2 Å². The predicted octanol–water partition coefficient (Wildman–Crippen LogP) is 1.52. The molecule has 128 valence electrons. The molecule has 0 saturated heterocycles. The van der Waals surface area contributed by atoms with Crippen molar-refractivity contribution >= 4 is 29.3 Å². The summed E-state index contributed by atoms with van der Waals surface area (Å²) in [7, 11) is 1.71. The van der Waals surface area contributed by atoms with E-state index in [-0.39, 0.29) is 17.1 Å². The molecule has 0 aliphatic heterocycles. The van der Waals surface area contributed by atoms with E-state index >= 15 is 0 Å². The Labute approximate surface area is 135 Å². The van der Waals surface area contributed by atoms with Gasteiger partial charge in [-0.25, -0.2) is 4.79 Å². The number of carbonyl (C=O) groups excluding carboxylic acids is 1. The van der Waals surface area contributed by atoms with Gasteiger partial charge in [0.1, 0.15) is 0 Å². The number of aliphatic carboxylic acids is 1. The number of nitrogens with one attached hydrogen (secondary N) is 2. The molecule has 6 nitrogen and oxygen atoms in total. The topological polar surface area (TPSA) is 95.0 Å². The SMILES string of the molecule is C[NH2+]C[C@@H](CC(=O)O)NC(=O)Nc1ccc(C(F)(F)F)cc1Cl. The molecular weight excluding hydrogens is 339 g/mol. The zero-order chi connectivity index (χ0) is 17.6. The molecule has 1 aromatic rings. The highest BCUT2D eigenvalue weighted by Gasteiger charge is 2.31. The van der Waals surface area contributed by atoms with E-state index in [1.165, 1.54) is 0 Å². The van der Waals surface area contributed by atoms with Gasteiger partial charge in [0.05, 0.1) is 42.3 Å². The summed E-state index contributed by atoms with van der Waals surface area (Å²) in [6.07, 6.45) is -4.81. The standard InChI is InChI=1S/C13H15ClF3N3O3/c1-18-6-8(5-11(21)22)19-12(23)20-10-3-2-7(4-9(10)14)13(15,16)17/h2-4,8,18H,5-6H2,1H3,(H,21,22)(H2,19,20,23)/p+1/t8-/m1/s1. The molecule has 0 heterocycles. The molecule has 0 aromatic heterocycles. The first kappa shape index (κ1) is 19.0. The van der Waals surface area contributed by atoms with Crippen LogP contribution in [-0.4, -0.2) is 36.7 Å². The van der Waals surface area contributed by atoms with Crippen LogP contribution in [0.4, 0.5) is 23.7 Å². The molecule has 0 fully saturated rings. The largest absolute Gasteiger partial charge is 0.481 e. The van der Waals surface area contributed by atoms with Crippen LogP contribution >= 0.6 is 11.6 Å². The number of halogens is 4. The Morgan fingerprint density at radius 2 is 2.04 bits per heavy atom. The molecule has 2 amide bonds. The molecule has 0 bridgehead atoms. The fraction of sp³-hybridized carbons (Fsp3) is 0.385. The number of carbonyl (C=O) groups is 2.